The lowest BCUT2D eigenvalue weighted by atomic mass is 9.98. The summed E-state index contributed by atoms with van der Waals surface area (Å²) in [6.45, 7) is 10.5. The first-order valence-electron chi connectivity index (χ1n) is 13.9. The van der Waals surface area contributed by atoms with Crippen LogP contribution in [0.5, 0.6) is 5.75 Å². The van der Waals surface area contributed by atoms with Gasteiger partial charge in [0.2, 0.25) is 0 Å². The van der Waals surface area contributed by atoms with E-state index in [0.29, 0.717) is 22.4 Å². The van der Waals surface area contributed by atoms with E-state index >= 15 is 4.39 Å². The van der Waals surface area contributed by atoms with Crippen molar-refractivity contribution in [1.29, 1.82) is 0 Å². The predicted octanol–water partition coefficient (Wildman–Crippen LogP) is 6.79. The zero-order chi connectivity index (χ0) is 31.5. The Balaban J connectivity index is 1.77. The molecule has 11 heteroatoms. The number of nitrogens with zero attached hydrogens (tertiary/aromatic N) is 3. The number of hydrogen-bond acceptors (Lipinski definition) is 6. The van der Waals surface area contributed by atoms with Crippen LogP contribution in [0.25, 0.3) is 22.0 Å². The van der Waals surface area contributed by atoms with Crippen LogP contribution in [0.15, 0.2) is 59.3 Å². The van der Waals surface area contributed by atoms with Crippen molar-refractivity contribution in [2.24, 2.45) is 4.40 Å². The van der Waals surface area contributed by atoms with Crippen molar-refractivity contribution in [3.05, 3.63) is 83.3 Å². The fourth-order valence-electron chi connectivity index (χ4n) is 4.47. The second-order valence-corrected chi connectivity index (χ2v) is 13.7. The largest absolute Gasteiger partial charge is 0.489 e. The van der Waals surface area contributed by atoms with Crippen molar-refractivity contribution in [2.45, 2.75) is 65.4 Å². The van der Waals surface area contributed by atoms with Gasteiger partial charge in [0.1, 0.15) is 23.9 Å². The Hall–Kier alpha value is -4.12. The first-order chi connectivity index (χ1) is 20.2. The first-order valence-corrected chi connectivity index (χ1v) is 15.3. The van der Waals surface area contributed by atoms with Crippen molar-refractivity contribution >= 4 is 33.1 Å². The summed E-state index contributed by atoms with van der Waals surface area (Å²) in [6.07, 6.45) is 4.09. The number of carbonyl (C=O) groups is 1. The number of hydrogen-bond donors (Lipinski definition) is 0. The maximum absolute atomic E-state index is 15.9. The second-order valence-electron chi connectivity index (χ2n) is 11.3. The molecule has 0 aliphatic heterocycles. The van der Waals surface area contributed by atoms with Gasteiger partial charge in [0, 0.05) is 40.5 Å². The molecule has 0 N–H and O–H groups in total. The third-order valence-corrected chi connectivity index (χ3v) is 8.74. The summed E-state index contributed by atoms with van der Waals surface area (Å²) < 4.78 is 70.5. The van der Waals surface area contributed by atoms with E-state index in [2.05, 4.69) is 9.38 Å². The molecule has 0 saturated carbocycles. The SMILES string of the molecule is CCOC(=O)Cc1cc(F)ccc1OCc1cc(-c2ccnc(C=NS(=O)(=O)C(C)(C)C)c2F)c2ccn(C(C)C)c2c1. The average Bonchev–Trinajstić information content (AvgIpc) is 3.36. The van der Waals surface area contributed by atoms with E-state index in [1.54, 1.807) is 13.0 Å². The minimum atomic E-state index is -3.90. The third kappa shape index (κ3) is 7.10. The number of benzene rings is 2. The minimum absolute atomic E-state index is 0.0402. The monoisotopic (exact) mass is 611 g/mol. The molecule has 0 fully saturated rings. The van der Waals surface area contributed by atoms with E-state index < -0.39 is 32.4 Å². The van der Waals surface area contributed by atoms with Gasteiger partial charge in [-0.25, -0.2) is 17.2 Å². The van der Waals surface area contributed by atoms with E-state index in [9.17, 15) is 17.6 Å². The van der Waals surface area contributed by atoms with Crippen LogP contribution < -0.4 is 4.74 Å². The molecule has 0 bridgehead atoms. The molecular formula is C32H35F2N3O5S. The summed E-state index contributed by atoms with van der Waals surface area (Å²) in [4.78, 5) is 16.1. The summed E-state index contributed by atoms with van der Waals surface area (Å²) in [6, 6.07) is 11.2. The van der Waals surface area contributed by atoms with Gasteiger partial charge in [0.15, 0.2) is 5.82 Å². The van der Waals surface area contributed by atoms with Crippen LogP contribution in [0, 0.1) is 11.6 Å². The lowest BCUT2D eigenvalue weighted by Crippen LogP contribution is -2.25. The Kier molecular flexibility index (Phi) is 9.34. The van der Waals surface area contributed by atoms with E-state index in [0.717, 1.165) is 17.1 Å². The molecule has 2 aromatic carbocycles. The van der Waals surface area contributed by atoms with Crippen molar-refractivity contribution < 1.29 is 31.5 Å². The van der Waals surface area contributed by atoms with E-state index in [1.165, 1.54) is 51.2 Å². The lowest BCUT2D eigenvalue weighted by Gasteiger charge is -2.16. The van der Waals surface area contributed by atoms with E-state index in [1.807, 2.05) is 36.7 Å². The Labute approximate surface area is 250 Å². The second kappa shape index (κ2) is 12.6. The fraction of sp³-hybridized carbons (Fsp3) is 0.344. The zero-order valence-corrected chi connectivity index (χ0v) is 25.8. The van der Waals surface area contributed by atoms with Gasteiger partial charge in [-0.15, -0.1) is 0 Å². The van der Waals surface area contributed by atoms with Gasteiger partial charge < -0.3 is 14.0 Å². The molecule has 0 radical (unpaired) electrons. The van der Waals surface area contributed by atoms with Crippen molar-refractivity contribution in [3.63, 3.8) is 0 Å². The number of esters is 1. The highest BCUT2D eigenvalue weighted by atomic mass is 32.2. The Morgan fingerprint density at radius 3 is 2.51 bits per heavy atom. The van der Waals surface area contributed by atoms with Crippen LogP contribution >= 0.6 is 0 Å². The summed E-state index contributed by atoms with van der Waals surface area (Å²) in [5, 5.41) is 0.775. The van der Waals surface area contributed by atoms with Gasteiger partial charge in [-0.3, -0.25) is 9.78 Å². The van der Waals surface area contributed by atoms with E-state index in [4.69, 9.17) is 9.47 Å². The van der Waals surface area contributed by atoms with Gasteiger partial charge in [-0.05, 0) is 95.1 Å². The third-order valence-electron chi connectivity index (χ3n) is 6.81. The maximum Gasteiger partial charge on any atom is 0.310 e. The predicted molar refractivity (Wildman–Crippen MR) is 163 cm³/mol. The quantitative estimate of drug-likeness (QED) is 0.145. The van der Waals surface area contributed by atoms with Crippen molar-refractivity contribution in [1.82, 2.24) is 9.55 Å². The number of halogens is 2. The molecule has 0 amide bonds. The highest BCUT2D eigenvalue weighted by molar-refractivity contribution is 7.91. The number of fused-ring (bicyclic) bond motifs is 1. The molecule has 0 aliphatic carbocycles. The Morgan fingerprint density at radius 2 is 1.84 bits per heavy atom. The Morgan fingerprint density at radius 1 is 1.09 bits per heavy atom. The van der Waals surface area contributed by atoms with Gasteiger partial charge in [0.25, 0.3) is 10.0 Å². The van der Waals surface area contributed by atoms with Crippen LogP contribution in [0.3, 0.4) is 0 Å². The van der Waals surface area contributed by atoms with Crippen molar-refractivity contribution in [3.8, 4) is 16.9 Å². The number of ether oxygens (including phenoxy) is 2. The Bertz CT molecular complexity index is 1790. The normalized spacial score (nSPS) is 12.4. The molecule has 0 spiro atoms. The standard InChI is InChI=1S/C32H35F2N3O5S/c1-7-41-30(38)17-22-16-23(33)8-9-29(22)42-19-21-14-26(24-11-13-37(20(2)3)28(24)15-21)25-10-12-35-27(31(25)34)18-36-43(39,40)32(4,5)6/h8-16,18,20H,7,17,19H2,1-6H3. The van der Waals surface area contributed by atoms with Gasteiger partial charge in [0.05, 0.1) is 24.0 Å². The molecule has 2 aromatic heterocycles. The van der Waals surface area contributed by atoms with Crippen molar-refractivity contribution in [2.75, 3.05) is 6.61 Å². The molecule has 2 heterocycles. The summed E-state index contributed by atoms with van der Waals surface area (Å²) in [5.41, 5.74) is 2.42. The average molecular weight is 612 g/mol. The number of sulfonamides is 1. The number of pyridine rings is 1. The van der Waals surface area contributed by atoms with Crippen LogP contribution in [0.1, 0.15) is 64.4 Å². The molecule has 0 saturated heterocycles. The highest BCUT2D eigenvalue weighted by Crippen LogP contribution is 2.35. The molecule has 4 aromatic rings. The number of aromatic nitrogens is 2. The maximum atomic E-state index is 15.9. The summed E-state index contributed by atoms with van der Waals surface area (Å²) in [7, 11) is -3.90. The highest BCUT2D eigenvalue weighted by Gasteiger charge is 2.28. The fourth-order valence-corrected chi connectivity index (χ4v) is 5.02. The number of carbonyl (C=O) groups excluding carboxylic acids is 1. The summed E-state index contributed by atoms with van der Waals surface area (Å²) in [5.74, 6) is -1.40. The molecule has 228 valence electrons. The molecule has 4 rings (SSSR count). The van der Waals surface area contributed by atoms with Crippen LogP contribution in [-0.4, -0.2) is 41.5 Å². The molecular weight excluding hydrogens is 576 g/mol. The van der Waals surface area contributed by atoms with Gasteiger partial charge >= 0.3 is 5.97 Å². The smallest absolute Gasteiger partial charge is 0.310 e. The zero-order valence-electron chi connectivity index (χ0n) is 25.0. The molecule has 0 unspecified atom stereocenters. The van der Waals surface area contributed by atoms with E-state index in [-0.39, 0.29) is 36.9 Å². The summed E-state index contributed by atoms with van der Waals surface area (Å²) >= 11 is 0. The number of rotatable bonds is 10. The van der Waals surface area contributed by atoms with Gasteiger partial charge in [-0.2, -0.15) is 4.40 Å². The van der Waals surface area contributed by atoms with Crippen LogP contribution in [0.2, 0.25) is 0 Å². The molecule has 8 nitrogen and oxygen atoms in total. The molecule has 43 heavy (non-hydrogen) atoms. The topological polar surface area (TPSA) is 99.8 Å². The molecule has 0 aliphatic rings. The van der Waals surface area contributed by atoms with Crippen LogP contribution in [-0.2, 0) is 32.6 Å². The first kappa shape index (κ1) is 31.8. The van der Waals surface area contributed by atoms with Gasteiger partial charge in [-0.1, -0.05) is 0 Å². The minimum Gasteiger partial charge on any atom is -0.489 e. The van der Waals surface area contributed by atoms with Crippen LogP contribution in [0.4, 0.5) is 8.78 Å². The lowest BCUT2D eigenvalue weighted by molar-refractivity contribution is -0.142. The molecule has 0 atom stereocenters.